The first-order chi connectivity index (χ1) is 18.4. The minimum absolute atomic E-state index is 0.00930. The van der Waals surface area contributed by atoms with Gasteiger partial charge in [-0.25, -0.2) is 4.79 Å². The third-order valence-electron chi connectivity index (χ3n) is 5.87. The van der Waals surface area contributed by atoms with Gasteiger partial charge in [0.15, 0.2) is 0 Å². The van der Waals surface area contributed by atoms with Crippen molar-refractivity contribution in [1.29, 1.82) is 0 Å². The molecular weight excluding hydrogens is 508 g/mol. The molecule has 3 amide bonds. The van der Waals surface area contributed by atoms with Crippen LogP contribution in [-0.2, 0) is 32.0 Å². The summed E-state index contributed by atoms with van der Waals surface area (Å²) in [6.07, 6.45) is 0.117. The van der Waals surface area contributed by atoms with Gasteiger partial charge in [-0.1, -0.05) is 38.1 Å². The van der Waals surface area contributed by atoms with E-state index in [0.717, 1.165) is 0 Å². The summed E-state index contributed by atoms with van der Waals surface area (Å²) in [6.45, 7) is 3.01. The standard InChI is InChI=1S/C27H36N4O8/c1-15(2)11-21(25(36)31-23(27(38)39)13-17-5-9-19(34)10-6-17)30-26(37)22(29-24(35)20(28)14-32)12-16-3-7-18(33)8-4-16/h3-10,15,20-23,32-34H,11-14,28H2,1-2H3,(H,29,35)(H,30,37)(H,31,36)(H,38,39). The first-order valence-electron chi connectivity index (χ1n) is 12.5. The lowest BCUT2D eigenvalue weighted by molar-refractivity contribution is -0.142. The van der Waals surface area contributed by atoms with E-state index in [9.17, 15) is 39.6 Å². The zero-order valence-corrected chi connectivity index (χ0v) is 21.8. The summed E-state index contributed by atoms with van der Waals surface area (Å²) in [4.78, 5) is 50.7. The first kappa shape index (κ1) is 31.1. The number of aliphatic hydroxyl groups excluding tert-OH is 1. The molecular formula is C27H36N4O8. The smallest absolute Gasteiger partial charge is 0.326 e. The molecule has 9 N–H and O–H groups in total. The summed E-state index contributed by atoms with van der Waals surface area (Å²) in [5.74, 6) is -3.52. The summed E-state index contributed by atoms with van der Waals surface area (Å²) in [6, 6.07) is 6.97. The number of phenols is 2. The average molecular weight is 545 g/mol. The Kier molecular flexibility index (Phi) is 11.7. The number of aliphatic hydroxyl groups is 1. The highest BCUT2D eigenvalue weighted by molar-refractivity contribution is 5.94. The number of aliphatic carboxylic acids is 1. The number of nitrogens with one attached hydrogen (secondary N) is 3. The van der Waals surface area contributed by atoms with E-state index in [1.54, 1.807) is 24.3 Å². The number of phenolic OH excluding ortho intramolecular Hbond substituents is 2. The Hall–Kier alpha value is -4.16. The van der Waals surface area contributed by atoms with Crippen molar-refractivity contribution in [1.82, 2.24) is 16.0 Å². The van der Waals surface area contributed by atoms with Crippen LogP contribution in [-0.4, -0.2) is 74.9 Å². The molecule has 0 aliphatic rings. The highest BCUT2D eigenvalue weighted by atomic mass is 16.4. The van der Waals surface area contributed by atoms with Gasteiger partial charge in [-0.05, 0) is 47.7 Å². The largest absolute Gasteiger partial charge is 0.508 e. The van der Waals surface area contributed by atoms with Crippen LogP contribution in [0, 0.1) is 5.92 Å². The van der Waals surface area contributed by atoms with Crippen molar-refractivity contribution < 1.29 is 39.6 Å². The highest BCUT2D eigenvalue weighted by Gasteiger charge is 2.31. The fourth-order valence-electron chi connectivity index (χ4n) is 3.75. The molecule has 39 heavy (non-hydrogen) atoms. The van der Waals surface area contributed by atoms with Crippen molar-refractivity contribution in [3.05, 3.63) is 59.7 Å². The number of nitrogens with two attached hydrogens (primary N) is 1. The number of benzene rings is 2. The Bertz CT molecular complexity index is 1120. The third-order valence-corrected chi connectivity index (χ3v) is 5.87. The molecule has 212 valence electrons. The Labute approximate surface area is 226 Å². The molecule has 0 aliphatic carbocycles. The molecule has 2 rings (SSSR count). The van der Waals surface area contributed by atoms with Gasteiger partial charge in [-0.15, -0.1) is 0 Å². The van der Waals surface area contributed by atoms with Crippen LogP contribution in [0.5, 0.6) is 11.5 Å². The normalized spacial score (nSPS) is 14.1. The molecule has 12 heteroatoms. The van der Waals surface area contributed by atoms with E-state index in [2.05, 4.69) is 16.0 Å². The van der Waals surface area contributed by atoms with Gasteiger partial charge in [0.25, 0.3) is 0 Å². The SMILES string of the molecule is CC(C)CC(NC(=O)C(Cc1ccc(O)cc1)NC(=O)C(N)CO)C(=O)NC(Cc1ccc(O)cc1)C(=O)O. The van der Waals surface area contributed by atoms with E-state index < -0.39 is 54.5 Å². The quantitative estimate of drug-likeness (QED) is 0.158. The van der Waals surface area contributed by atoms with Crippen molar-refractivity contribution in [2.45, 2.75) is 57.3 Å². The number of carboxylic acid groups (broad SMARTS) is 1. The van der Waals surface area contributed by atoms with Crippen LogP contribution >= 0.6 is 0 Å². The fraction of sp³-hybridized carbons (Fsp3) is 0.407. The molecule has 0 aliphatic heterocycles. The van der Waals surface area contributed by atoms with Gasteiger partial charge in [0.2, 0.25) is 17.7 Å². The van der Waals surface area contributed by atoms with Crippen molar-refractivity contribution in [3.8, 4) is 11.5 Å². The predicted octanol–water partition coefficient (Wildman–Crippen LogP) is -0.212. The summed E-state index contributed by atoms with van der Waals surface area (Å²) in [7, 11) is 0. The molecule has 0 fully saturated rings. The van der Waals surface area contributed by atoms with Crippen molar-refractivity contribution in [2.75, 3.05) is 6.61 Å². The molecule has 2 aromatic rings. The van der Waals surface area contributed by atoms with E-state index in [0.29, 0.717) is 11.1 Å². The predicted molar refractivity (Wildman–Crippen MR) is 142 cm³/mol. The van der Waals surface area contributed by atoms with Gasteiger partial charge >= 0.3 is 5.97 Å². The number of amides is 3. The van der Waals surface area contributed by atoms with Crippen LogP contribution < -0.4 is 21.7 Å². The van der Waals surface area contributed by atoms with Crippen molar-refractivity contribution >= 4 is 23.7 Å². The van der Waals surface area contributed by atoms with Gasteiger partial charge in [-0.2, -0.15) is 0 Å². The van der Waals surface area contributed by atoms with E-state index in [-0.39, 0.29) is 36.7 Å². The summed E-state index contributed by atoms with van der Waals surface area (Å²) >= 11 is 0. The van der Waals surface area contributed by atoms with Gasteiger partial charge in [0.1, 0.15) is 35.7 Å². The molecule has 0 aromatic heterocycles. The molecule has 0 heterocycles. The fourth-order valence-corrected chi connectivity index (χ4v) is 3.75. The molecule has 4 atom stereocenters. The van der Waals surface area contributed by atoms with E-state index >= 15 is 0 Å². The number of carboxylic acids is 1. The Morgan fingerprint density at radius 1 is 0.718 bits per heavy atom. The number of carbonyl (C=O) groups excluding carboxylic acids is 3. The van der Waals surface area contributed by atoms with Crippen LogP contribution in [0.4, 0.5) is 0 Å². The average Bonchev–Trinajstić information content (AvgIpc) is 2.88. The third kappa shape index (κ3) is 10.3. The molecule has 0 saturated heterocycles. The van der Waals surface area contributed by atoms with Crippen LogP contribution in [0.3, 0.4) is 0 Å². The van der Waals surface area contributed by atoms with Crippen LogP contribution in [0.25, 0.3) is 0 Å². The van der Waals surface area contributed by atoms with Crippen LogP contribution in [0.15, 0.2) is 48.5 Å². The van der Waals surface area contributed by atoms with E-state index in [1.165, 1.54) is 24.3 Å². The minimum atomic E-state index is -1.30. The molecule has 12 nitrogen and oxygen atoms in total. The monoisotopic (exact) mass is 544 g/mol. The van der Waals surface area contributed by atoms with E-state index in [4.69, 9.17) is 5.73 Å². The van der Waals surface area contributed by atoms with Gasteiger partial charge in [0, 0.05) is 12.8 Å². The lowest BCUT2D eigenvalue weighted by atomic mass is 10.00. The Morgan fingerprint density at radius 2 is 1.13 bits per heavy atom. The maximum atomic E-state index is 13.3. The molecule has 2 aromatic carbocycles. The minimum Gasteiger partial charge on any atom is -0.508 e. The zero-order chi connectivity index (χ0) is 29.1. The summed E-state index contributed by atoms with van der Waals surface area (Å²) in [5, 5.41) is 45.4. The van der Waals surface area contributed by atoms with Gasteiger partial charge in [-0.3, -0.25) is 14.4 Å². The second kappa shape index (κ2) is 14.7. The number of carbonyl (C=O) groups is 4. The highest BCUT2D eigenvalue weighted by Crippen LogP contribution is 2.14. The number of rotatable bonds is 14. The first-order valence-corrected chi connectivity index (χ1v) is 12.5. The summed E-state index contributed by atoms with van der Waals surface area (Å²) in [5.41, 5.74) is 6.75. The zero-order valence-electron chi connectivity index (χ0n) is 21.8. The van der Waals surface area contributed by atoms with Gasteiger partial charge in [0.05, 0.1) is 6.61 Å². The topological polar surface area (TPSA) is 211 Å². The second-order valence-electron chi connectivity index (χ2n) is 9.68. The maximum absolute atomic E-state index is 13.3. The summed E-state index contributed by atoms with van der Waals surface area (Å²) < 4.78 is 0. The molecule has 0 bridgehead atoms. The van der Waals surface area contributed by atoms with Crippen LogP contribution in [0.2, 0.25) is 0 Å². The maximum Gasteiger partial charge on any atom is 0.326 e. The molecule has 0 radical (unpaired) electrons. The van der Waals surface area contributed by atoms with E-state index in [1.807, 2.05) is 13.8 Å². The molecule has 0 spiro atoms. The lowest BCUT2D eigenvalue weighted by Gasteiger charge is -2.26. The Balaban J connectivity index is 2.22. The number of hydrogen-bond donors (Lipinski definition) is 8. The molecule has 0 saturated carbocycles. The number of aromatic hydroxyl groups is 2. The van der Waals surface area contributed by atoms with Crippen molar-refractivity contribution in [2.24, 2.45) is 11.7 Å². The lowest BCUT2D eigenvalue weighted by Crippen LogP contribution is -2.58. The Morgan fingerprint density at radius 3 is 1.56 bits per heavy atom. The van der Waals surface area contributed by atoms with Crippen molar-refractivity contribution in [3.63, 3.8) is 0 Å². The second-order valence-corrected chi connectivity index (χ2v) is 9.68. The van der Waals surface area contributed by atoms with Gasteiger partial charge < -0.3 is 42.1 Å². The van der Waals surface area contributed by atoms with Crippen LogP contribution in [0.1, 0.15) is 31.4 Å². The molecule has 4 unspecified atom stereocenters. The number of hydrogen-bond acceptors (Lipinski definition) is 8.